The molecule has 1 unspecified atom stereocenters. The molecule has 1 aliphatic carbocycles. The normalized spacial score (nSPS) is 26.2. The van der Waals surface area contributed by atoms with Crippen LogP contribution in [0.4, 0.5) is 0 Å². The van der Waals surface area contributed by atoms with E-state index in [1.54, 1.807) is 4.31 Å². The zero-order valence-electron chi connectivity index (χ0n) is 12.6. The van der Waals surface area contributed by atoms with Gasteiger partial charge in [-0.2, -0.15) is 4.31 Å². The van der Waals surface area contributed by atoms with E-state index in [9.17, 15) is 8.42 Å². The summed E-state index contributed by atoms with van der Waals surface area (Å²) < 4.78 is 27.3. The van der Waals surface area contributed by atoms with Gasteiger partial charge in [-0.25, -0.2) is 8.42 Å². The van der Waals surface area contributed by atoms with Gasteiger partial charge in [-0.1, -0.05) is 43.2 Å². The lowest BCUT2D eigenvalue weighted by Gasteiger charge is -2.40. The zero-order valence-corrected chi connectivity index (χ0v) is 13.4. The summed E-state index contributed by atoms with van der Waals surface area (Å²) in [6.45, 7) is 2.00. The molecule has 0 bridgehead atoms. The van der Waals surface area contributed by atoms with Crippen LogP contribution in [0, 0.1) is 0 Å². The summed E-state index contributed by atoms with van der Waals surface area (Å²) >= 11 is 0. The minimum Gasteiger partial charge on any atom is -0.297 e. The zero-order chi connectivity index (χ0) is 14.9. The van der Waals surface area contributed by atoms with Crippen LogP contribution in [-0.2, 0) is 10.0 Å². The molecule has 0 spiro atoms. The molecule has 2 aliphatic rings. The van der Waals surface area contributed by atoms with Crippen LogP contribution in [0.2, 0.25) is 0 Å². The Hall–Kier alpha value is -0.910. The number of hydrogen-bond donors (Lipinski definition) is 0. The summed E-state index contributed by atoms with van der Waals surface area (Å²) in [7, 11) is -1.04. The van der Waals surface area contributed by atoms with E-state index >= 15 is 0 Å². The van der Waals surface area contributed by atoms with Crippen LogP contribution in [0.3, 0.4) is 0 Å². The van der Waals surface area contributed by atoms with Crippen molar-refractivity contribution in [3.05, 3.63) is 35.9 Å². The quantitative estimate of drug-likeness (QED) is 0.860. The van der Waals surface area contributed by atoms with Crippen molar-refractivity contribution in [2.75, 3.05) is 26.7 Å². The number of sulfonamides is 1. The molecule has 0 radical (unpaired) electrons. The molecule has 116 valence electrons. The SMILES string of the molecule is CN1CCN(S(=O)(=O)C2CCCC2)CC1c1ccccc1. The molecule has 1 saturated carbocycles. The average molecular weight is 308 g/mol. The van der Waals surface area contributed by atoms with Crippen LogP contribution in [0.5, 0.6) is 0 Å². The molecule has 1 atom stereocenters. The van der Waals surface area contributed by atoms with Crippen molar-refractivity contribution < 1.29 is 8.42 Å². The van der Waals surface area contributed by atoms with Gasteiger partial charge in [0.25, 0.3) is 0 Å². The molecule has 1 saturated heterocycles. The fourth-order valence-electron chi connectivity index (χ4n) is 3.51. The summed E-state index contributed by atoms with van der Waals surface area (Å²) in [6.07, 6.45) is 3.79. The fraction of sp³-hybridized carbons (Fsp3) is 0.625. The first-order chi connectivity index (χ1) is 10.1. The third-order valence-electron chi connectivity index (χ3n) is 4.88. The van der Waals surface area contributed by atoms with Crippen LogP contribution < -0.4 is 0 Å². The molecule has 0 amide bonds. The maximum absolute atomic E-state index is 12.8. The lowest BCUT2D eigenvalue weighted by Crippen LogP contribution is -2.51. The van der Waals surface area contributed by atoms with E-state index in [-0.39, 0.29) is 11.3 Å². The number of piperazine rings is 1. The Balaban J connectivity index is 1.79. The van der Waals surface area contributed by atoms with Crippen molar-refractivity contribution in [2.45, 2.75) is 37.0 Å². The first kappa shape index (κ1) is 15.0. The maximum Gasteiger partial charge on any atom is 0.217 e. The van der Waals surface area contributed by atoms with Gasteiger partial charge in [-0.05, 0) is 25.5 Å². The van der Waals surface area contributed by atoms with Crippen molar-refractivity contribution in [2.24, 2.45) is 0 Å². The van der Waals surface area contributed by atoms with Crippen LogP contribution in [0.25, 0.3) is 0 Å². The topological polar surface area (TPSA) is 40.6 Å². The molecule has 5 heteroatoms. The second kappa shape index (κ2) is 6.07. The van der Waals surface area contributed by atoms with Gasteiger partial charge in [0.05, 0.1) is 5.25 Å². The van der Waals surface area contributed by atoms with Crippen LogP contribution in [-0.4, -0.2) is 49.6 Å². The molecule has 4 nitrogen and oxygen atoms in total. The van der Waals surface area contributed by atoms with Crippen molar-refractivity contribution in [1.29, 1.82) is 0 Å². The van der Waals surface area contributed by atoms with Gasteiger partial charge < -0.3 is 0 Å². The lowest BCUT2D eigenvalue weighted by molar-refractivity contribution is 0.147. The minimum absolute atomic E-state index is 0.141. The van der Waals surface area contributed by atoms with Crippen LogP contribution >= 0.6 is 0 Å². The van der Waals surface area contributed by atoms with Gasteiger partial charge in [-0.3, -0.25) is 4.90 Å². The first-order valence-corrected chi connectivity index (χ1v) is 9.33. The van der Waals surface area contributed by atoms with E-state index < -0.39 is 10.0 Å². The smallest absolute Gasteiger partial charge is 0.217 e. The van der Waals surface area contributed by atoms with E-state index in [2.05, 4.69) is 24.1 Å². The molecule has 0 N–H and O–H groups in total. The Bertz CT molecular complexity index is 567. The largest absolute Gasteiger partial charge is 0.297 e. The van der Waals surface area contributed by atoms with Gasteiger partial charge in [0.1, 0.15) is 0 Å². The summed E-state index contributed by atoms with van der Waals surface area (Å²) in [5, 5.41) is -0.141. The summed E-state index contributed by atoms with van der Waals surface area (Å²) in [5.41, 5.74) is 1.20. The molecular weight excluding hydrogens is 284 g/mol. The molecule has 3 rings (SSSR count). The van der Waals surface area contributed by atoms with Crippen molar-refractivity contribution in [3.63, 3.8) is 0 Å². The molecule has 1 aromatic carbocycles. The highest BCUT2D eigenvalue weighted by Gasteiger charge is 2.38. The van der Waals surface area contributed by atoms with E-state index in [0.29, 0.717) is 13.1 Å². The average Bonchev–Trinajstić information content (AvgIpc) is 3.03. The van der Waals surface area contributed by atoms with Crippen molar-refractivity contribution in [1.82, 2.24) is 9.21 Å². The fourth-order valence-corrected chi connectivity index (χ4v) is 5.55. The van der Waals surface area contributed by atoms with Crippen molar-refractivity contribution in [3.8, 4) is 0 Å². The molecule has 2 fully saturated rings. The van der Waals surface area contributed by atoms with Gasteiger partial charge in [0, 0.05) is 25.7 Å². The Morgan fingerprint density at radius 3 is 2.38 bits per heavy atom. The predicted octanol–water partition coefficient (Wildman–Crippen LogP) is 2.25. The van der Waals surface area contributed by atoms with Gasteiger partial charge in [0.15, 0.2) is 0 Å². The van der Waals surface area contributed by atoms with E-state index in [1.165, 1.54) is 5.56 Å². The lowest BCUT2D eigenvalue weighted by atomic mass is 10.0. The van der Waals surface area contributed by atoms with E-state index in [0.717, 1.165) is 32.2 Å². The number of likely N-dealkylation sites (N-methyl/N-ethyl adjacent to an activating group) is 1. The number of rotatable bonds is 3. The van der Waals surface area contributed by atoms with Gasteiger partial charge in [0.2, 0.25) is 10.0 Å². The van der Waals surface area contributed by atoms with Crippen LogP contribution in [0.15, 0.2) is 30.3 Å². The molecule has 1 heterocycles. The highest BCUT2D eigenvalue weighted by atomic mass is 32.2. The summed E-state index contributed by atoms with van der Waals surface area (Å²) in [6, 6.07) is 10.4. The highest BCUT2D eigenvalue weighted by molar-refractivity contribution is 7.89. The van der Waals surface area contributed by atoms with Gasteiger partial charge in [-0.15, -0.1) is 0 Å². The number of nitrogens with zero attached hydrogens (tertiary/aromatic N) is 2. The molecule has 0 aromatic heterocycles. The predicted molar refractivity (Wildman–Crippen MR) is 84.6 cm³/mol. The van der Waals surface area contributed by atoms with Crippen LogP contribution in [0.1, 0.15) is 37.3 Å². The number of hydrogen-bond acceptors (Lipinski definition) is 3. The summed E-state index contributed by atoms with van der Waals surface area (Å²) in [4.78, 5) is 2.26. The second-order valence-corrected chi connectivity index (χ2v) is 8.43. The van der Waals surface area contributed by atoms with E-state index in [4.69, 9.17) is 0 Å². The standard InChI is InChI=1S/C16H24N2O2S/c1-17-11-12-18(21(19,20)15-9-5-6-10-15)13-16(17)14-7-3-2-4-8-14/h2-4,7-8,15-16H,5-6,9-13H2,1H3. The monoisotopic (exact) mass is 308 g/mol. The molecule has 21 heavy (non-hydrogen) atoms. The Morgan fingerprint density at radius 1 is 1.05 bits per heavy atom. The van der Waals surface area contributed by atoms with Crippen molar-refractivity contribution >= 4 is 10.0 Å². The number of benzene rings is 1. The maximum atomic E-state index is 12.8. The summed E-state index contributed by atoms with van der Waals surface area (Å²) in [5.74, 6) is 0. The van der Waals surface area contributed by atoms with E-state index in [1.807, 2.05) is 18.2 Å². The third-order valence-corrected chi connectivity index (χ3v) is 7.24. The third kappa shape index (κ3) is 3.00. The first-order valence-electron chi connectivity index (χ1n) is 7.83. The molecule has 1 aliphatic heterocycles. The highest BCUT2D eigenvalue weighted by Crippen LogP contribution is 2.31. The van der Waals surface area contributed by atoms with Gasteiger partial charge >= 0.3 is 0 Å². The minimum atomic E-state index is -3.12. The second-order valence-electron chi connectivity index (χ2n) is 6.22. The molecular formula is C16H24N2O2S. The Morgan fingerprint density at radius 2 is 1.71 bits per heavy atom. The Kier molecular flexibility index (Phi) is 4.33. The Labute approximate surface area is 127 Å². The molecule has 1 aromatic rings.